The fourth-order valence-electron chi connectivity index (χ4n) is 1.22. The number of nitriles is 1. The van der Waals surface area contributed by atoms with E-state index in [0.29, 0.717) is 10.6 Å². The minimum absolute atomic E-state index is 0.123. The zero-order chi connectivity index (χ0) is 11.6. The van der Waals surface area contributed by atoms with Gasteiger partial charge in [-0.15, -0.1) is 0 Å². The van der Waals surface area contributed by atoms with Crippen molar-refractivity contribution >= 4 is 17.6 Å². The van der Waals surface area contributed by atoms with E-state index in [2.05, 4.69) is 6.07 Å². The smallest absolute Gasteiger partial charge is 0.335 e. The first-order valence-electron chi connectivity index (χ1n) is 4.33. The van der Waals surface area contributed by atoms with Gasteiger partial charge in [0, 0.05) is 5.02 Å². The highest BCUT2D eigenvalue weighted by atomic mass is 35.5. The van der Waals surface area contributed by atoms with Crippen LogP contribution in [0.15, 0.2) is 18.2 Å². The molecule has 0 aliphatic rings. The van der Waals surface area contributed by atoms with Crippen molar-refractivity contribution in [2.45, 2.75) is 19.3 Å². The minimum atomic E-state index is -1.03. The predicted molar refractivity (Wildman–Crippen MR) is 57.1 cm³/mol. The Bertz CT molecular complexity index is 446. The lowest BCUT2D eigenvalue weighted by Gasteiger charge is -2.17. The number of halogens is 1. The van der Waals surface area contributed by atoms with E-state index in [9.17, 15) is 4.79 Å². The van der Waals surface area contributed by atoms with Crippen LogP contribution in [0.25, 0.3) is 0 Å². The van der Waals surface area contributed by atoms with Crippen molar-refractivity contribution in [3.8, 4) is 6.07 Å². The third kappa shape index (κ3) is 2.28. The molecule has 0 aliphatic heterocycles. The molecule has 0 saturated carbocycles. The second-order valence-electron chi connectivity index (χ2n) is 3.74. The van der Waals surface area contributed by atoms with Crippen molar-refractivity contribution in [1.29, 1.82) is 5.26 Å². The van der Waals surface area contributed by atoms with Crippen LogP contribution in [-0.4, -0.2) is 11.1 Å². The molecule has 0 radical (unpaired) electrons. The van der Waals surface area contributed by atoms with Gasteiger partial charge in [0.05, 0.1) is 17.0 Å². The number of benzene rings is 1. The lowest BCUT2D eigenvalue weighted by atomic mass is 9.86. The average Bonchev–Trinajstić information content (AvgIpc) is 2.17. The highest BCUT2D eigenvalue weighted by molar-refractivity contribution is 6.31. The summed E-state index contributed by atoms with van der Waals surface area (Å²) in [6.45, 7) is 3.46. The topological polar surface area (TPSA) is 61.1 Å². The zero-order valence-electron chi connectivity index (χ0n) is 8.41. The molecule has 0 fully saturated rings. The maximum Gasteiger partial charge on any atom is 0.335 e. The summed E-state index contributed by atoms with van der Waals surface area (Å²) in [5, 5.41) is 18.0. The van der Waals surface area contributed by atoms with Crippen molar-refractivity contribution in [2.24, 2.45) is 0 Å². The van der Waals surface area contributed by atoms with Crippen molar-refractivity contribution < 1.29 is 9.90 Å². The van der Waals surface area contributed by atoms with Gasteiger partial charge in [-0.3, -0.25) is 0 Å². The number of aromatic carboxylic acids is 1. The van der Waals surface area contributed by atoms with E-state index in [1.807, 2.05) is 0 Å². The summed E-state index contributed by atoms with van der Waals surface area (Å²) in [5.74, 6) is -1.03. The number of nitrogens with zero attached hydrogens (tertiary/aromatic N) is 1. The summed E-state index contributed by atoms with van der Waals surface area (Å²) in [7, 11) is 0. The highest BCUT2D eigenvalue weighted by Gasteiger charge is 2.23. The standard InChI is InChI=1S/C11H10ClNO2/c1-11(2,6-13)8-4-3-7(10(14)15)5-9(8)12/h3-5H,1-2H3,(H,14,15). The molecule has 0 bridgehead atoms. The summed E-state index contributed by atoms with van der Waals surface area (Å²) in [6.07, 6.45) is 0. The first kappa shape index (κ1) is 11.5. The Hall–Kier alpha value is -1.53. The van der Waals surface area contributed by atoms with E-state index in [1.54, 1.807) is 19.9 Å². The first-order valence-corrected chi connectivity index (χ1v) is 4.71. The molecule has 0 aliphatic carbocycles. The molecular weight excluding hydrogens is 214 g/mol. The molecular formula is C11H10ClNO2. The highest BCUT2D eigenvalue weighted by Crippen LogP contribution is 2.29. The molecule has 0 heterocycles. The lowest BCUT2D eigenvalue weighted by molar-refractivity contribution is 0.0697. The normalized spacial score (nSPS) is 10.8. The monoisotopic (exact) mass is 223 g/mol. The Morgan fingerprint density at radius 1 is 1.53 bits per heavy atom. The van der Waals surface area contributed by atoms with Crippen molar-refractivity contribution in [1.82, 2.24) is 0 Å². The van der Waals surface area contributed by atoms with Gasteiger partial charge in [-0.25, -0.2) is 4.79 Å². The van der Waals surface area contributed by atoms with Crippen LogP contribution in [0, 0.1) is 11.3 Å². The minimum Gasteiger partial charge on any atom is -0.478 e. The fraction of sp³-hybridized carbons (Fsp3) is 0.273. The molecule has 0 amide bonds. The molecule has 1 aromatic rings. The maximum absolute atomic E-state index is 10.7. The predicted octanol–water partition coefficient (Wildman–Crippen LogP) is 2.84. The van der Waals surface area contributed by atoms with Gasteiger partial charge < -0.3 is 5.11 Å². The molecule has 4 heteroatoms. The lowest BCUT2D eigenvalue weighted by Crippen LogP contribution is -2.15. The van der Waals surface area contributed by atoms with E-state index >= 15 is 0 Å². The van der Waals surface area contributed by atoms with Gasteiger partial charge in [-0.2, -0.15) is 5.26 Å². The molecule has 0 spiro atoms. The van der Waals surface area contributed by atoms with E-state index in [4.69, 9.17) is 22.0 Å². The second-order valence-corrected chi connectivity index (χ2v) is 4.14. The third-order valence-corrected chi connectivity index (χ3v) is 2.48. The molecule has 78 valence electrons. The van der Waals surface area contributed by atoms with E-state index in [1.165, 1.54) is 12.1 Å². The average molecular weight is 224 g/mol. The Morgan fingerprint density at radius 2 is 2.13 bits per heavy atom. The van der Waals surface area contributed by atoms with Crippen LogP contribution >= 0.6 is 11.6 Å². The van der Waals surface area contributed by atoms with Gasteiger partial charge in [-0.1, -0.05) is 17.7 Å². The molecule has 0 unspecified atom stereocenters. The molecule has 1 aromatic carbocycles. The Labute approximate surface area is 92.9 Å². The zero-order valence-corrected chi connectivity index (χ0v) is 9.17. The Balaban J connectivity index is 3.27. The van der Waals surface area contributed by atoms with Gasteiger partial charge in [0.1, 0.15) is 0 Å². The summed E-state index contributed by atoms with van der Waals surface area (Å²) in [4.78, 5) is 10.7. The van der Waals surface area contributed by atoms with Crippen molar-refractivity contribution in [3.05, 3.63) is 34.3 Å². The van der Waals surface area contributed by atoms with Gasteiger partial charge >= 0.3 is 5.97 Å². The summed E-state index contributed by atoms with van der Waals surface area (Å²) in [6, 6.07) is 6.50. The van der Waals surface area contributed by atoms with Crippen LogP contribution in [0.2, 0.25) is 5.02 Å². The summed E-state index contributed by atoms with van der Waals surface area (Å²) in [5.41, 5.74) is 0.0443. The second kappa shape index (κ2) is 3.92. The molecule has 1 rings (SSSR count). The number of carbonyl (C=O) groups is 1. The van der Waals surface area contributed by atoms with Crippen molar-refractivity contribution in [2.75, 3.05) is 0 Å². The molecule has 1 N–H and O–H groups in total. The summed E-state index contributed by atoms with van der Waals surface area (Å²) >= 11 is 5.92. The largest absolute Gasteiger partial charge is 0.478 e. The maximum atomic E-state index is 10.7. The van der Waals surface area contributed by atoms with Crippen LogP contribution in [-0.2, 0) is 5.41 Å². The Morgan fingerprint density at radius 3 is 2.53 bits per heavy atom. The van der Waals surface area contributed by atoms with Crippen LogP contribution in [0.5, 0.6) is 0 Å². The fourth-order valence-corrected chi connectivity index (χ4v) is 1.63. The first-order chi connectivity index (χ1) is 6.88. The number of hydrogen-bond donors (Lipinski definition) is 1. The molecule has 3 nitrogen and oxygen atoms in total. The number of carboxylic acid groups (broad SMARTS) is 1. The molecule has 0 atom stereocenters. The van der Waals surface area contributed by atoms with Crippen LogP contribution in [0.3, 0.4) is 0 Å². The molecule has 0 aromatic heterocycles. The van der Waals surface area contributed by atoms with Crippen LogP contribution < -0.4 is 0 Å². The summed E-state index contributed by atoms with van der Waals surface area (Å²) < 4.78 is 0. The van der Waals surface area contributed by atoms with E-state index < -0.39 is 11.4 Å². The number of carboxylic acids is 1. The van der Waals surface area contributed by atoms with Crippen LogP contribution in [0.1, 0.15) is 29.8 Å². The van der Waals surface area contributed by atoms with Gasteiger partial charge in [-0.05, 0) is 31.5 Å². The van der Waals surface area contributed by atoms with E-state index in [-0.39, 0.29) is 5.56 Å². The molecule has 15 heavy (non-hydrogen) atoms. The van der Waals surface area contributed by atoms with Crippen molar-refractivity contribution in [3.63, 3.8) is 0 Å². The third-order valence-electron chi connectivity index (χ3n) is 2.17. The van der Waals surface area contributed by atoms with Crippen LogP contribution in [0.4, 0.5) is 0 Å². The molecule has 0 saturated heterocycles. The quantitative estimate of drug-likeness (QED) is 0.839. The SMILES string of the molecule is CC(C)(C#N)c1ccc(C(=O)O)cc1Cl. The number of hydrogen-bond acceptors (Lipinski definition) is 2. The van der Waals surface area contributed by atoms with E-state index in [0.717, 1.165) is 0 Å². The number of rotatable bonds is 2. The van der Waals surface area contributed by atoms with Gasteiger partial charge in [0.15, 0.2) is 0 Å². The van der Waals surface area contributed by atoms with Gasteiger partial charge in [0.2, 0.25) is 0 Å². The Kier molecular flexibility index (Phi) is 3.01. The van der Waals surface area contributed by atoms with Gasteiger partial charge in [0.25, 0.3) is 0 Å².